The van der Waals surface area contributed by atoms with E-state index in [-0.39, 0.29) is 6.04 Å². The van der Waals surface area contributed by atoms with Crippen LogP contribution in [0.15, 0.2) is 4.99 Å². The summed E-state index contributed by atoms with van der Waals surface area (Å²) < 4.78 is 0. The summed E-state index contributed by atoms with van der Waals surface area (Å²) in [6.07, 6.45) is 1.96. The quantitative estimate of drug-likeness (QED) is 0.476. The summed E-state index contributed by atoms with van der Waals surface area (Å²) >= 11 is 0. The van der Waals surface area contributed by atoms with Crippen molar-refractivity contribution in [3.63, 3.8) is 0 Å². The predicted molar refractivity (Wildman–Crippen MR) is 71.7 cm³/mol. The Balaban J connectivity index is 4.10. The minimum Gasteiger partial charge on any atom is -0.354 e. The molecular formula is C12H28N4. The molecule has 0 aliphatic rings. The van der Waals surface area contributed by atoms with Crippen molar-refractivity contribution < 1.29 is 0 Å². The fourth-order valence-corrected chi connectivity index (χ4v) is 1.23. The molecule has 1 atom stereocenters. The Labute approximate surface area is 100 Å². The molecule has 0 aromatic carbocycles. The summed E-state index contributed by atoms with van der Waals surface area (Å²) in [6.45, 7) is 11.3. The second-order valence-electron chi connectivity index (χ2n) is 4.79. The fraction of sp³-hybridized carbons (Fsp3) is 0.917. The van der Waals surface area contributed by atoms with Crippen molar-refractivity contribution in [1.29, 1.82) is 0 Å². The zero-order valence-corrected chi connectivity index (χ0v) is 11.4. The number of nitrogens with one attached hydrogen (secondary N) is 2. The second kappa shape index (κ2) is 8.39. The average Bonchev–Trinajstić information content (AvgIpc) is 2.15. The van der Waals surface area contributed by atoms with Gasteiger partial charge in [0, 0.05) is 24.7 Å². The molecule has 0 radical (unpaired) electrons. The van der Waals surface area contributed by atoms with Gasteiger partial charge in [-0.15, -0.1) is 0 Å². The Kier molecular flexibility index (Phi) is 7.99. The smallest absolute Gasteiger partial charge is 0.191 e. The molecule has 96 valence electrons. The summed E-state index contributed by atoms with van der Waals surface area (Å²) in [5.41, 5.74) is 5.85. The lowest BCUT2D eigenvalue weighted by Crippen LogP contribution is -2.44. The lowest BCUT2D eigenvalue weighted by atomic mass is 10.2. The first kappa shape index (κ1) is 15.2. The minimum absolute atomic E-state index is 0.267. The highest BCUT2D eigenvalue weighted by Gasteiger charge is 2.03. The third kappa shape index (κ3) is 8.53. The van der Waals surface area contributed by atoms with Gasteiger partial charge in [-0.3, -0.25) is 4.99 Å². The van der Waals surface area contributed by atoms with Crippen LogP contribution in [0.25, 0.3) is 0 Å². The molecule has 0 saturated heterocycles. The summed E-state index contributed by atoms with van der Waals surface area (Å²) in [7, 11) is 0. The van der Waals surface area contributed by atoms with Gasteiger partial charge in [0.2, 0.25) is 0 Å². The number of rotatable bonds is 6. The van der Waals surface area contributed by atoms with Gasteiger partial charge in [-0.2, -0.15) is 0 Å². The van der Waals surface area contributed by atoms with E-state index in [0.29, 0.717) is 12.1 Å². The Morgan fingerprint density at radius 1 is 1.12 bits per heavy atom. The predicted octanol–water partition coefficient (Wildman–Crippen LogP) is 1.47. The van der Waals surface area contributed by atoms with E-state index in [9.17, 15) is 0 Å². The first-order chi connectivity index (χ1) is 7.45. The van der Waals surface area contributed by atoms with Gasteiger partial charge in [-0.25, -0.2) is 0 Å². The molecule has 0 aromatic rings. The van der Waals surface area contributed by atoms with Crippen molar-refractivity contribution in [3.05, 3.63) is 0 Å². The molecule has 0 aromatic heterocycles. The van der Waals surface area contributed by atoms with Gasteiger partial charge in [-0.1, -0.05) is 6.92 Å². The highest BCUT2D eigenvalue weighted by molar-refractivity contribution is 5.80. The molecule has 4 heteroatoms. The number of hydrogen-bond donors (Lipinski definition) is 3. The molecule has 0 fully saturated rings. The summed E-state index contributed by atoms with van der Waals surface area (Å²) in [5.74, 6) is 0.883. The zero-order valence-electron chi connectivity index (χ0n) is 11.4. The van der Waals surface area contributed by atoms with Crippen LogP contribution in [0.1, 0.15) is 47.5 Å². The number of nitrogens with two attached hydrogens (primary N) is 1. The molecule has 0 aliphatic heterocycles. The number of guanidine groups is 1. The zero-order chi connectivity index (χ0) is 12.6. The van der Waals surface area contributed by atoms with Gasteiger partial charge in [0.1, 0.15) is 0 Å². The van der Waals surface area contributed by atoms with Crippen LogP contribution in [0.5, 0.6) is 0 Å². The lowest BCUT2D eigenvalue weighted by Gasteiger charge is -2.17. The molecule has 1 unspecified atom stereocenters. The van der Waals surface area contributed by atoms with E-state index in [0.717, 1.165) is 25.3 Å². The largest absolute Gasteiger partial charge is 0.354 e. The molecule has 16 heavy (non-hydrogen) atoms. The van der Waals surface area contributed by atoms with Crippen LogP contribution in [-0.2, 0) is 0 Å². The summed E-state index contributed by atoms with van der Waals surface area (Å²) in [4.78, 5) is 4.51. The Morgan fingerprint density at radius 3 is 2.00 bits per heavy atom. The molecular weight excluding hydrogens is 200 g/mol. The van der Waals surface area contributed by atoms with Gasteiger partial charge >= 0.3 is 0 Å². The molecule has 0 rings (SSSR count). The van der Waals surface area contributed by atoms with Crippen molar-refractivity contribution in [1.82, 2.24) is 10.6 Å². The second-order valence-corrected chi connectivity index (χ2v) is 4.79. The van der Waals surface area contributed by atoms with Crippen molar-refractivity contribution in [2.45, 2.75) is 65.6 Å². The van der Waals surface area contributed by atoms with Gasteiger partial charge in [0.15, 0.2) is 5.96 Å². The van der Waals surface area contributed by atoms with E-state index >= 15 is 0 Å². The molecule has 0 amide bonds. The van der Waals surface area contributed by atoms with Crippen molar-refractivity contribution in [3.8, 4) is 0 Å². The normalized spacial score (nSPS) is 12.8. The highest BCUT2D eigenvalue weighted by Crippen LogP contribution is 1.94. The maximum atomic E-state index is 5.85. The minimum atomic E-state index is 0.267. The molecule has 0 bridgehead atoms. The Bertz CT molecular complexity index is 187. The fourth-order valence-electron chi connectivity index (χ4n) is 1.23. The number of hydrogen-bond acceptors (Lipinski definition) is 2. The van der Waals surface area contributed by atoms with Gasteiger partial charge in [0.25, 0.3) is 0 Å². The van der Waals surface area contributed by atoms with Crippen LogP contribution < -0.4 is 16.4 Å². The monoisotopic (exact) mass is 228 g/mol. The van der Waals surface area contributed by atoms with E-state index in [1.807, 2.05) is 0 Å². The topological polar surface area (TPSA) is 62.4 Å². The lowest BCUT2D eigenvalue weighted by molar-refractivity contribution is 0.597. The van der Waals surface area contributed by atoms with E-state index in [4.69, 9.17) is 5.73 Å². The maximum Gasteiger partial charge on any atom is 0.191 e. The number of nitrogens with zero attached hydrogens (tertiary/aromatic N) is 1. The van der Waals surface area contributed by atoms with E-state index in [1.54, 1.807) is 0 Å². The number of aliphatic imine (C=N–C) groups is 1. The maximum absolute atomic E-state index is 5.85. The van der Waals surface area contributed by atoms with Gasteiger partial charge in [-0.05, 0) is 40.5 Å². The highest BCUT2D eigenvalue weighted by atomic mass is 15.2. The Hall–Kier alpha value is -0.770. The standard InChI is InChI=1S/C12H28N4/c1-6-11(13)7-8-14-12(15-9(2)3)16-10(4)5/h9-11H,6-8,13H2,1-5H3,(H2,14,15,16). The summed E-state index contributed by atoms with van der Waals surface area (Å²) in [5, 5.41) is 6.60. The SMILES string of the molecule is CCC(N)CCN=C(NC(C)C)NC(C)C. The van der Waals surface area contributed by atoms with Crippen molar-refractivity contribution >= 4 is 5.96 Å². The molecule has 0 saturated carbocycles. The summed E-state index contributed by atoms with van der Waals surface area (Å²) in [6, 6.07) is 1.05. The average molecular weight is 228 g/mol. The Morgan fingerprint density at radius 2 is 1.62 bits per heavy atom. The van der Waals surface area contributed by atoms with Crippen LogP contribution in [0.2, 0.25) is 0 Å². The molecule has 0 aliphatic carbocycles. The van der Waals surface area contributed by atoms with E-state index < -0.39 is 0 Å². The molecule has 4 nitrogen and oxygen atoms in total. The molecule has 0 heterocycles. The first-order valence-corrected chi connectivity index (χ1v) is 6.28. The van der Waals surface area contributed by atoms with Crippen LogP contribution >= 0.6 is 0 Å². The first-order valence-electron chi connectivity index (χ1n) is 6.28. The third-order valence-corrected chi connectivity index (χ3v) is 2.14. The van der Waals surface area contributed by atoms with Crippen molar-refractivity contribution in [2.75, 3.05) is 6.54 Å². The molecule has 4 N–H and O–H groups in total. The van der Waals surface area contributed by atoms with E-state index in [1.165, 1.54) is 0 Å². The van der Waals surface area contributed by atoms with Crippen LogP contribution in [-0.4, -0.2) is 30.6 Å². The van der Waals surface area contributed by atoms with Gasteiger partial charge in [0.05, 0.1) is 0 Å². The van der Waals surface area contributed by atoms with Crippen LogP contribution in [0, 0.1) is 0 Å². The molecule has 0 spiro atoms. The van der Waals surface area contributed by atoms with Crippen molar-refractivity contribution in [2.24, 2.45) is 10.7 Å². The van der Waals surface area contributed by atoms with E-state index in [2.05, 4.69) is 50.2 Å². The van der Waals surface area contributed by atoms with Gasteiger partial charge < -0.3 is 16.4 Å². The third-order valence-electron chi connectivity index (χ3n) is 2.14. The van der Waals surface area contributed by atoms with Crippen LogP contribution in [0.4, 0.5) is 0 Å². The van der Waals surface area contributed by atoms with Crippen LogP contribution in [0.3, 0.4) is 0 Å².